The minimum Gasteiger partial charge on any atom is -0.457 e. The highest BCUT2D eigenvalue weighted by atomic mass is 16.5. The zero-order chi connectivity index (χ0) is 13.0. The summed E-state index contributed by atoms with van der Waals surface area (Å²) in [7, 11) is 0. The topological polar surface area (TPSA) is 35.2 Å². The molecule has 0 aliphatic heterocycles. The summed E-state index contributed by atoms with van der Waals surface area (Å²) >= 11 is 0. The van der Waals surface area contributed by atoms with Gasteiger partial charge in [0.05, 0.1) is 0 Å². The number of hydrogen-bond donors (Lipinski definition) is 1. The number of anilines is 1. The van der Waals surface area contributed by atoms with Crippen LogP contribution in [0.1, 0.15) is 31.7 Å². The lowest BCUT2D eigenvalue weighted by atomic mass is 9.99. The van der Waals surface area contributed by atoms with Gasteiger partial charge in [0, 0.05) is 11.8 Å². The SMILES string of the molecule is CCC(C)c1ccc(Oc2cccc(N)c2)cc1. The first-order valence-corrected chi connectivity index (χ1v) is 6.32. The van der Waals surface area contributed by atoms with Crippen molar-refractivity contribution in [2.45, 2.75) is 26.2 Å². The number of benzene rings is 2. The van der Waals surface area contributed by atoms with Gasteiger partial charge in [0.2, 0.25) is 0 Å². The molecular formula is C16H19NO. The summed E-state index contributed by atoms with van der Waals surface area (Å²) in [6, 6.07) is 15.7. The van der Waals surface area contributed by atoms with Crippen LogP contribution >= 0.6 is 0 Å². The highest BCUT2D eigenvalue weighted by Crippen LogP contribution is 2.26. The molecule has 2 N–H and O–H groups in total. The molecule has 0 spiro atoms. The lowest BCUT2D eigenvalue weighted by Crippen LogP contribution is -1.91. The Kier molecular flexibility index (Phi) is 3.88. The van der Waals surface area contributed by atoms with Gasteiger partial charge in [0.1, 0.15) is 11.5 Å². The number of hydrogen-bond acceptors (Lipinski definition) is 2. The van der Waals surface area contributed by atoms with E-state index in [1.165, 1.54) is 5.56 Å². The van der Waals surface area contributed by atoms with Gasteiger partial charge in [-0.1, -0.05) is 32.0 Å². The molecule has 0 saturated heterocycles. The van der Waals surface area contributed by atoms with Crippen molar-refractivity contribution in [3.63, 3.8) is 0 Å². The van der Waals surface area contributed by atoms with Gasteiger partial charge >= 0.3 is 0 Å². The Morgan fingerprint density at radius 2 is 1.78 bits per heavy atom. The van der Waals surface area contributed by atoms with Crippen LogP contribution in [0.4, 0.5) is 5.69 Å². The number of rotatable bonds is 4. The summed E-state index contributed by atoms with van der Waals surface area (Å²) in [6.07, 6.45) is 1.15. The maximum atomic E-state index is 5.75. The predicted molar refractivity (Wildman–Crippen MR) is 76.1 cm³/mol. The molecule has 94 valence electrons. The molecule has 2 aromatic rings. The molecule has 0 bridgehead atoms. The highest BCUT2D eigenvalue weighted by molar-refractivity contribution is 5.45. The lowest BCUT2D eigenvalue weighted by molar-refractivity contribution is 0.482. The minimum atomic E-state index is 0.589. The first-order valence-electron chi connectivity index (χ1n) is 6.32. The molecule has 18 heavy (non-hydrogen) atoms. The van der Waals surface area contributed by atoms with Gasteiger partial charge in [0.15, 0.2) is 0 Å². The van der Waals surface area contributed by atoms with Gasteiger partial charge in [-0.15, -0.1) is 0 Å². The second kappa shape index (κ2) is 5.58. The molecular weight excluding hydrogens is 222 g/mol. The van der Waals surface area contributed by atoms with Gasteiger partial charge in [-0.25, -0.2) is 0 Å². The maximum Gasteiger partial charge on any atom is 0.129 e. The van der Waals surface area contributed by atoms with Crippen molar-refractivity contribution in [1.82, 2.24) is 0 Å². The normalized spacial score (nSPS) is 12.1. The van der Waals surface area contributed by atoms with Crippen LogP contribution in [-0.2, 0) is 0 Å². The summed E-state index contributed by atoms with van der Waals surface area (Å²) < 4.78 is 5.75. The van der Waals surface area contributed by atoms with Gasteiger partial charge in [0.25, 0.3) is 0 Å². The molecule has 2 nitrogen and oxygen atoms in total. The number of nitrogens with two attached hydrogens (primary N) is 1. The molecule has 0 aromatic heterocycles. The first kappa shape index (κ1) is 12.5. The number of ether oxygens (including phenoxy) is 1. The van der Waals surface area contributed by atoms with Gasteiger partial charge < -0.3 is 10.5 Å². The maximum absolute atomic E-state index is 5.75. The summed E-state index contributed by atoms with van der Waals surface area (Å²) in [4.78, 5) is 0. The molecule has 0 radical (unpaired) electrons. The highest BCUT2D eigenvalue weighted by Gasteiger charge is 2.03. The van der Waals surface area contributed by atoms with Gasteiger partial charge in [-0.05, 0) is 42.2 Å². The fourth-order valence-corrected chi connectivity index (χ4v) is 1.81. The third-order valence-electron chi connectivity index (χ3n) is 3.16. The van der Waals surface area contributed by atoms with Crippen molar-refractivity contribution < 1.29 is 4.74 Å². The molecule has 2 heteroatoms. The molecule has 0 aliphatic carbocycles. The Balaban J connectivity index is 2.11. The van der Waals surface area contributed by atoms with Crippen molar-refractivity contribution in [1.29, 1.82) is 0 Å². The van der Waals surface area contributed by atoms with Crippen LogP contribution in [0.15, 0.2) is 48.5 Å². The van der Waals surface area contributed by atoms with Crippen LogP contribution in [0.2, 0.25) is 0 Å². The Morgan fingerprint density at radius 3 is 2.39 bits per heavy atom. The zero-order valence-electron chi connectivity index (χ0n) is 10.9. The monoisotopic (exact) mass is 241 g/mol. The molecule has 0 amide bonds. The summed E-state index contributed by atoms with van der Waals surface area (Å²) in [5.74, 6) is 2.20. The van der Waals surface area contributed by atoms with Gasteiger partial charge in [-0.2, -0.15) is 0 Å². The molecule has 2 rings (SSSR count). The minimum absolute atomic E-state index is 0.589. The fourth-order valence-electron chi connectivity index (χ4n) is 1.81. The van der Waals surface area contributed by atoms with Crippen LogP contribution in [-0.4, -0.2) is 0 Å². The van der Waals surface area contributed by atoms with Crippen LogP contribution < -0.4 is 10.5 Å². The molecule has 0 fully saturated rings. The van der Waals surface area contributed by atoms with Crippen molar-refractivity contribution in [2.24, 2.45) is 0 Å². The van der Waals surface area contributed by atoms with Crippen molar-refractivity contribution in [3.8, 4) is 11.5 Å². The van der Waals surface area contributed by atoms with E-state index in [2.05, 4.69) is 26.0 Å². The van der Waals surface area contributed by atoms with Crippen LogP contribution in [0, 0.1) is 0 Å². The Labute approximate surface area is 108 Å². The average Bonchev–Trinajstić information content (AvgIpc) is 2.39. The van der Waals surface area contributed by atoms with E-state index in [0.29, 0.717) is 11.6 Å². The molecule has 2 aromatic carbocycles. The van der Waals surface area contributed by atoms with Crippen molar-refractivity contribution in [3.05, 3.63) is 54.1 Å². The average molecular weight is 241 g/mol. The Hall–Kier alpha value is -1.96. The van der Waals surface area contributed by atoms with Crippen LogP contribution in [0.5, 0.6) is 11.5 Å². The van der Waals surface area contributed by atoms with E-state index in [1.807, 2.05) is 36.4 Å². The summed E-state index contributed by atoms with van der Waals surface area (Å²) in [5.41, 5.74) is 7.77. The van der Waals surface area contributed by atoms with E-state index in [0.717, 1.165) is 17.9 Å². The molecule has 0 heterocycles. The smallest absolute Gasteiger partial charge is 0.129 e. The zero-order valence-corrected chi connectivity index (χ0v) is 10.9. The summed E-state index contributed by atoms with van der Waals surface area (Å²) in [6.45, 7) is 4.43. The van der Waals surface area contributed by atoms with E-state index in [-0.39, 0.29) is 0 Å². The number of nitrogen functional groups attached to an aromatic ring is 1. The third kappa shape index (κ3) is 3.04. The summed E-state index contributed by atoms with van der Waals surface area (Å²) in [5, 5.41) is 0. The quantitative estimate of drug-likeness (QED) is 0.795. The van der Waals surface area contributed by atoms with E-state index < -0.39 is 0 Å². The van der Waals surface area contributed by atoms with E-state index in [9.17, 15) is 0 Å². The van der Waals surface area contributed by atoms with Crippen LogP contribution in [0.3, 0.4) is 0 Å². The Morgan fingerprint density at radius 1 is 1.06 bits per heavy atom. The first-order chi connectivity index (χ1) is 8.69. The van der Waals surface area contributed by atoms with Crippen molar-refractivity contribution >= 4 is 5.69 Å². The fraction of sp³-hybridized carbons (Fsp3) is 0.250. The third-order valence-corrected chi connectivity index (χ3v) is 3.16. The molecule has 0 saturated carbocycles. The Bertz CT molecular complexity index is 505. The molecule has 0 aliphatic rings. The van der Waals surface area contributed by atoms with E-state index in [1.54, 1.807) is 0 Å². The predicted octanol–water partition coefficient (Wildman–Crippen LogP) is 4.57. The van der Waals surface area contributed by atoms with E-state index in [4.69, 9.17) is 10.5 Å². The lowest BCUT2D eigenvalue weighted by Gasteiger charge is -2.10. The standard InChI is InChI=1S/C16H19NO/c1-3-12(2)13-7-9-15(10-8-13)18-16-6-4-5-14(17)11-16/h4-12H,3,17H2,1-2H3. The molecule has 1 unspecified atom stereocenters. The second-order valence-electron chi connectivity index (χ2n) is 4.55. The van der Waals surface area contributed by atoms with Crippen LogP contribution in [0.25, 0.3) is 0 Å². The van der Waals surface area contributed by atoms with Gasteiger partial charge in [-0.3, -0.25) is 0 Å². The van der Waals surface area contributed by atoms with Crippen molar-refractivity contribution in [2.75, 3.05) is 5.73 Å². The largest absolute Gasteiger partial charge is 0.457 e. The second-order valence-corrected chi connectivity index (χ2v) is 4.55. The molecule has 1 atom stereocenters. The van der Waals surface area contributed by atoms with E-state index >= 15 is 0 Å².